The molecule has 0 amide bonds. The maximum atomic E-state index is 11.3. The zero-order valence-electron chi connectivity index (χ0n) is 8.61. The number of hydrogen-bond acceptors (Lipinski definition) is 3. The molecular formula is C10H13BrN2O2S. The quantitative estimate of drug-likeness (QED) is 0.882. The Labute approximate surface area is 103 Å². The summed E-state index contributed by atoms with van der Waals surface area (Å²) in [4.78, 5) is 0.141. The molecule has 1 aromatic carbocycles. The summed E-state index contributed by atoms with van der Waals surface area (Å²) in [5.74, 6) is 0. The van der Waals surface area contributed by atoms with Crippen molar-refractivity contribution in [3.63, 3.8) is 0 Å². The molecule has 1 aromatic rings. The summed E-state index contributed by atoms with van der Waals surface area (Å²) in [6.07, 6.45) is 2.41. The summed E-state index contributed by atoms with van der Waals surface area (Å²) < 4.78 is 23.1. The van der Waals surface area contributed by atoms with E-state index >= 15 is 0 Å². The first-order valence-corrected chi connectivity index (χ1v) is 7.35. The van der Waals surface area contributed by atoms with Crippen molar-refractivity contribution in [2.45, 2.75) is 30.3 Å². The summed E-state index contributed by atoms with van der Waals surface area (Å²) in [6, 6.07) is 5.80. The van der Waals surface area contributed by atoms with Crippen molar-refractivity contribution in [3.05, 3.63) is 28.2 Å². The molecule has 0 bridgehead atoms. The lowest BCUT2D eigenvalue weighted by Gasteiger charge is -2.07. The second-order valence-electron chi connectivity index (χ2n) is 3.96. The highest BCUT2D eigenvalue weighted by Gasteiger charge is 2.20. The molecule has 0 unspecified atom stereocenters. The van der Waals surface area contributed by atoms with Crippen molar-refractivity contribution in [2.24, 2.45) is 5.14 Å². The van der Waals surface area contributed by atoms with Gasteiger partial charge in [0, 0.05) is 17.1 Å². The molecule has 16 heavy (non-hydrogen) atoms. The molecule has 6 heteroatoms. The van der Waals surface area contributed by atoms with E-state index in [2.05, 4.69) is 21.2 Å². The number of halogens is 1. The van der Waals surface area contributed by atoms with Crippen LogP contribution in [0.2, 0.25) is 0 Å². The molecule has 0 radical (unpaired) electrons. The molecule has 88 valence electrons. The minimum atomic E-state index is -3.65. The van der Waals surface area contributed by atoms with Gasteiger partial charge in [0.2, 0.25) is 10.0 Å². The molecule has 1 saturated carbocycles. The van der Waals surface area contributed by atoms with Crippen LogP contribution in [0.5, 0.6) is 0 Å². The molecule has 0 spiro atoms. The van der Waals surface area contributed by atoms with E-state index in [1.54, 1.807) is 12.1 Å². The van der Waals surface area contributed by atoms with Gasteiger partial charge in [0.05, 0.1) is 4.90 Å². The first-order chi connectivity index (χ1) is 7.47. The standard InChI is InChI=1S/C10H13BrN2O2S/c11-9-4-1-7(6-13-8-2-3-8)5-10(9)16(12,14)15/h1,4-5,8,13H,2-3,6H2,(H2,12,14,15). The monoisotopic (exact) mass is 304 g/mol. The number of hydrogen-bond donors (Lipinski definition) is 2. The van der Waals surface area contributed by atoms with Gasteiger partial charge >= 0.3 is 0 Å². The van der Waals surface area contributed by atoms with E-state index in [1.807, 2.05) is 6.07 Å². The largest absolute Gasteiger partial charge is 0.310 e. The van der Waals surface area contributed by atoms with Gasteiger partial charge in [-0.1, -0.05) is 6.07 Å². The number of rotatable bonds is 4. The van der Waals surface area contributed by atoms with E-state index in [4.69, 9.17) is 5.14 Å². The fourth-order valence-electron chi connectivity index (χ4n) is 1.43. The van der Waals surface area contributed by atoms with Crippen molar-refractivity contribution >= 4 is 26.0 Å². The van der Waals surface area contributed by atoms with Crippen LogP contribution in [-0.2, 0) is 16.6 Å². The Kier molecular flexibility index (Phi) is 3.34. The molecule has 3 N–H and O–H groups in total. The third-order valence-electron chi connectivity index (χ3n) is 2.47. The lowest BCUT2D eigenvalue weighted by Crippen LogP contribution is -2.17. The summed E-state index contributed by atoms with van der Waals surface area (Å²) >= 11 is 3.18. The Morgan fingerprint density at radius 1 is 1.44 bits per heavy atom. The minimum Gasteiger partial charge on any atom is -0.310 e. The van der Waals surface area contributed by atoms with Crippen molar-refractivity contribution in [1.82, 2.24) is 5.32 Å². The van der Waals surface area contributed by atoms with E-state index in [0.717, 1.165) is 5.56 Å². The number of nitrogens with one attached hydrogen (secondary N) is 1. The number of nitrogens with two attached hydrogens (primary N) is 1. The first-order valence-electron chi connectivity index (χ1n) is 5.01. The predicted octanol–water partition coefficient (Wildman–Crippen LogP) is 1.35. The summed E-state index contributed by atoms with van der Waals surface area (Å²) in [7, 11) is -3.65. The Morgan fingerprint density at radius 3 is 2.69 bits per heavy atom. The van der Waals surface area contributed by atoms with Gasteiger partial charge in [-0.25, -0.2) is 13.6 Å². The van der Waals surface area contributed by atoms with E-state index in [0.29, 0.717) is 17.1 Å². The van der Waals surface area contributed by atoms with Gasteiger partial charge < -0.3 is 5.32 Å². The third-order valence-corrected chi connectivity index (χ3v) is 4.38. The molecule has 1 aliphatic rings. The number of primary sulfonamides is 1. The van der Waals surface area contributed by atoms with E-state index in [1.165, 1.54) is 12.8 Å². The molecule has 2 rings (SSSR count). The van der Waals surface area contributed by atoms with E-state index in [-0.39, 0.29) is 4.90 Å². The van der Waals surface area contributed by atoms with Crippen LogP contribution in [0.25, 0.3) is 0 Å². The molecule has 0 aliphatic heterocycles. The normalized spacial score (nSPS) is 16.4. The molecule has 1 aliphatic carbocycles. The number of benzene rings is 1. The maximum Gasteiger partial charge on any atom is 0.239 e. The van der Waals surface area contributed by atoms with Gasteiger partial charge in [-0.05, 0) is 46.5 Å². The maximum absolute atomic E-state index is 11.3. The van der Waals surface area contributed by atoms with Gasteiger partial charge in [-0.2, -0.15) is 0 Å². The van der Waals surface area contributed by atoms with E-state index in [9.17, 15) is 8.42 Å². The van der Waals surface area contributed by atoms with Crippen LogP contribution in [0.3, 0.4) is 0 Å². The van der Waals surface area contributed by atoms with Crippen LogP contribution in [0.1, 0.15) is 18.4 Å². The summed E-state index contributed by atoms with van der Waals surface area (Å²) in [5.41, 5.74) is 0.930. The highest BCUT2D eigenvalue weighted by Crippen LogP contribution is 2.23. The van der Waals surface area contributed by atoms with Crippen LogP contribution < -0.4 is 10.5 Å². The van der Waals surface area contributed by atoms with Gasteiger partial charge in [0.15, 0.2) is 0 Å². The van der Waals surface area contributed by atoms with Crippen molar-refractivity contribution < 1.29 is 8.42 Å². The summed E-state index contributed by atoms with van der Waals surface area (Å²) in [6.45, 7) is 0.681. The Bertz CT molecular complexity index is 498. The molecular weight excluding hydrogens is 292 g/mol. The van der Waals surface area contributed by atoms with Crippen LogP contribution in [0.15, 0.2) is 27.6 Å². The van der Waals surface area contributed by atoms with Gasteiger partial charge in [-0.15, -0.1) is 0 Å². The molecule has 4 nitrogen and oxygen atoms in total. The average molecular weight is 305 g/mol. The molecule has 1 fully saturated rings. The SMILES string of the molecule is NS(=O)(=O)c1cc(CNC2CC2)ccc1Br. The zero-order chi connectivity index (χ0) is 11.8. The third kappa shape index (κ3) is 3.04. The highest BCUT2D eigenvalue weighted by molar-refractivity contribution is 9.10. The van der Waals surface area contributed by atoms with Crippen LogP contribution in [-0.4, -0.2) is 14.5 Å². The molecule has 0 saturated heterocycles. The second kappa shape index (κ2) is 4.44. The lowest BCUT2D eigenvalue weighted by molar-refractivity contribution is 0.597. The second-order valence-corrected chi connectivity index (χ2v) is 6.35. The van der Waals surface area contributed by atoms with Crippen molar-refractivity contribution in [2.75, 3.05) is 0 Å². The minimum absolute atomic E-state index is 0.141. The fraction of sp³-hybridized carbons (Fsp3) is 0.400. The van der Waals surface area contributed by atoms with Crippen LogP contribution in [0.4, 0.5) is 0 Å². The predicted molar refractivity (Wildman–Crippen MR) is 65.4 cm³/mol. The van der Waals surface area contributed by atoms with Crippen molar-refractivity contribution in [1.29, 1.82) is 0 Å². The molecule has 0 heterocycles. The Balaban J connectivity index is 2.20. The van der Waals surface area contributed by atoms with Gasteiger partial charge in [-0.3, -0.25) is 0 Å². The smallest absolute Gasteiger partial charge is 0.239 e. The molecule has 0 aromatic heterocycles. The topological polar surface area (TPSA) is 72.2 Å². The van der Waals surface area contributed by atoms with Crippen molar-refractivity contribution in [3.8, 4) is 0 Å². The molecule has 0 atom stereocenters. The first kappa shape index (κ1) is 12.0. The average Bonchev–Trinajstić information content (AvgIpc) is 2.98. The lowest BCUT2D eigenvalue weighted by atomic mass is 10.2. The van der Waals surface area contributed by atoms with Crippen LogP contribution in [0, 0.1) is 0 Å². The van der Waals surface area contributed by atoms with Gasteiger partial charge in [0.1, 0.15) is 0 Å². The van der Waals surface area contributed by atoms with Gasteiger partial charge in [0.25, 0.3) is 0 Å². The highest BCUT2D eigenvalue weighted by atomic mass is 79.9. The fourth-order valence-corrected chi connectivity index (χ4v) is 3.00. The Morgan fingerprint density at radius 2 is 2.12 bits per heavy atom. The van der Waals surface area contributed by atoms with E-state index < -0.39 is 10.0 Å². The zero-order valence-corrected chi connectivity index (χ0v) is 11.0. The Hall–Kier alpha value is -0.430. The number of sulfonamides is 1. The van der Waals surface area contributed by atoms with Crippen LogP contribution >= 0.6 is 15.9 Å². The summed E-state index contributed by atoms with van der Waals surface area (Å²) in [5, 5.41) is 8.44.